The van der Waals surface area contributed by atoms with Crippen molar-refractivity contribution in [3.8, 4) is 0 Å². The molecule has 1 rings (SSSR count). The summed E-state index contributed by atoms with van der Waals surface area (Å²) in [5.74, 6) is -1.72. The molecule has 0 radical (unpaired) electrons. The minimum Gasteiger partial charge on any atom is -0.480 e. The number of piperidine rings is 1. The van der Waals surface area contributed by atoms with Crippen LogP contribution in [0.4, 0.5) is 13.2 Å². The van der Waals surface area contributed by atoms with Gasteiger partial charge in [-0.2, -0.15) is 13.2 Å². The van der Waals surface area contributed by atoms with Crippen molar-refractivity contribution in [2.24, 2.45) is 5.92 Å². The van der Waals surface area contributed by atoms with Crippen LogP contribution in [-0.4, -0.2) is 40.6 Å². The number of hydrogen-bond donors (Lipinski definition) is 1. The first-order chi connectivity index (χ1) is 8.20. The highest BCUT2D eigenvalue weighted by atomic mass is 19.4. The maximum atomic E-state index is 12.0. The van der Waals surface area contributed by atoms with Crippen molar-refractivity contribution < 1.29 is 27.9 Å². The number of likely N-dealkylation sites (tertiary alicyclic amines) is 1. The first-order valence-electron chi connectivity index (χ1n) is 5.79. The molecule has 0 aromatic rings. The Morgan fingerprint density at radius 1 is 1.39 bits per heavy atom. The average Bonchev–Trinajstić information content (AvgIpc) is 2.24. The molecule has 1 aliphatic rings. The van der Waals surface area contributed by atoms with E-state index in [-0.39, 0.29) is 12.5 Å². The van der Waals surface area contributed by atoms with Gasteiger partial charge in [-0.05, 0) is 18.8 Å². The van der Waals surface area contributed by atoms with E-state index >= 15 is 0 Å². The third kappa shape index (κ3) is 4.19. The molecule has 0 saturated carbocycles. The van der Waals surface area contributed by atoms with Crippen LogP contribution in [0.15, 0.2) is 0 Å². The molecule has 18 heavy (non-hydrogen) atoms. The van der Waals surface area contributed by atoms with E-state index in [1.165, 1.54) is 0 Å². The van der Waals surface area contributed by atoms with Gasteiger partial charge in [0.05, 0.1) is 6.42 Å². The summed E-state index contributed by atoms with van der Waals surface area (Å²) >= 11 is 0. The number of carboxylic acids is 1. The van der Waals surface area contributed by atoms with Gasteiger partial charge in [-0.1, -0.05) is 6.92 Å². The molecule has 1 fully saturated rings. The fourth-order valence-corrected chi connectivity index (χ4v) is 2.07. The molecule has 1 N–H and O–H groups in total. The second-order valence-corrected chi connectivity index (χ2v) is 4.69. The van der Waals surface area contributed by atoms with Crippen LogP contribution in [0.2, 0.25) is 0 Å². The fraction of sp³-hybridized carbons (Fsp3) is 0.818. The van der Waals surface area contributed by atoms with Gasteiger partial charge in [0.25, 0.3) is 0 Å². The monoisotopic (exact) mass is 267 g/mol. The summed E-state index contributed by atoms with van der Waals surface area (Å²) in [7, 11) is 0. The van der Waals surface area contributed by atoms with E-state index < -0.39 is 36.9 Å². The van der Waals surface area contributed by atoms with Gasteiger partial charge in [0.2, 0.25) is 5.91 Å². The van der Waals surface area contributed by atoms with E-state index in [9.17, 15) is 22.8 Å². The summed E-state index contributed by atoms with van der Waals surface area (Å²) < 4.78 is 36.0. The number of amides is 1. The van der Waals surface area contributed by atoms with Crippen LogP contribution in [0.3, 0.4) is 0 Å². The molecule has 7 heteroatoms. The van der Waals surface area contributed by atoms with E-state index in [0.29, 0.717) is 12.8 Å². The lowest BCUT2D eigenvalue weighted by Gasteiger charge is -2.36. The van der Waals surface area contributed by atoms with Crippen molar-refractivity contribution in [3.05, 3.63) is 0 Å². The standard InChI is InChI=1S/C11H16F3NO3/c1-7-3-5-15(8(6-7)10(17)18)9(16)2-4-11(12,13)14/h7-8H,2-6H2,1H3,(H,17,18). The van der Waals surface area contributed by atoms with Gasteiger partial charge in [-0.15, -0.1) is 0 Å². The molecule has 104 valence electrons. The number of hydrogen-bond acceptors (Lipinski definition) is 2. The van der Waals surface area contributed by atoms with Gasteiger partial charge in [0.1, 0.15) is 6.04 Å². The number of carboxylic acid groups (broad SMARTS) is 1. The van der Waals surface area contributed by atoms with Crippen molar-refractivity contribution >= 4 is 11.9 Å². The van der Waals surface area contributed by atoms with Crippen LogP contribution >= 0.6 is 0 Å². The van der Waals surface area contributed by atoms with Crippen LogP contribution in [0, 0.1) is 5.92 Å². The lowest BCUT2D eigenvalue weighted by atomic mass is 9.92. The van der Waals surface area contributed by atoms with E-state index in [2.05, 4.69) is 0 Å². The first kappa shape index (κ1) is 14.8. The Bertz CT molecular complexity index is 330. The van der Waals surface area contributed by atoms with Gasteiger partial charge in [0.15, 0.2) is 0 Å². The number of halogens is 3. The van der Waals surface area contributed by atoms with Crippen molar-refractivity contribution in [2.75, 3.05) is 6.54 Å². The van der Waals surface area contributed by atoms with E-state index in [0.717, 1.165) is 4.90 Å². The molecule has 0 aromatic heterocycles. The minimum absolute atomic E-state index is 0.165. The van der Waals surface area contributed by atoms with Gasteiger partial charge in [-0.3, -0.25) is 4.79 Å². The zero-order valence-corrected chi connectivity index (χ0v) is 10.0. The van der Waals surface area contributed by atoms with Crippen LogP contribution in [0.5, 0.6) is 0 Å². The number of aliphatic carboxylic acids is 1. The number of nitrogens with zero attached hydrogens (tertiary/aromatic N) is 1. The maximum Gasteiger partial charge on any atom is 0.389 e. The molecule has 0 aliphatic carbocycles. The molecule has 0 aromatic carbocycles. The maximum absolute atomic E-state index is 12.0. The minimum atomic E-state index is -4.39. The highest BCUT2D eigenvalue weighted by Crippen LogP contribution is 2.26. The normalized spacial score (nSPS) is 25.0. The molecule has 0 bridgehead atoms. The summed E-state index contributed by atoms with van der Waals surface area (Å²) in [6.07, 6.45) is -5.35. The Kier molecular flexibility index (Phi) is 4.59. The Morgan fingerprint density at radius 2 is 2.00 bits per heavy atom. The van der Waals surface area contributed by atoms with Crippen LogP contribution < -0.4 is 0 Å². The Labute approximate surface area is 103 Å². The quantitative estimate of drug-likeness (QED) is 0.851. The fourth-order valence-electron chi connectivity index (χ4n) is 2.07. The SMILES string of the molecule is CC1CCN(C(=O)CCC(F)(F)F)C(C(=O)O)C1. The zero-order valence-electron chi connectivity index (χ0n) is 10.0. The molecule has 1 aliphatic heterocycles. The molecule has 2 atom stereocenters. The third-order valence-corrected chi connectivity index (χ3v) is 3.09. The van der Waals surface area contributed by atoms with Crippen LogP contribution in [0.25, 0.3) is 0 Å². The lowest BCUT2D eigenvalue weighted by Crippen LogP contribution is -2.49. The van der Waals surface area contributed by atoms with Crippen LogP contribution in [-0.2, 0) is 9.59 Å². The summed E-state index contributed by atoms with van der Waals surface area (Å²) in [4.78, 5) is 23.7. The van der Waals surface area contributed by atoms with Gasteiger partial charge in [-0.25, -0.2) is 4.79 Å². The summed E-state index contributed by atoms with van der Waals surface area (Å²) in [6.45, 7) is 2.09. The van der Waals surface area contributed by atoms with Crippen molar-refractivity contribution in [2.45, 2.75) is 44.8 Å². The van der Waals surface area contributed by atoms with Crippen LogP contribution in [0.1, 0.15) is 32.6 Å². The van der Waals surface area contributed by atoms with E-state index in [1.54, 1.807) is 0 Å². The Balaban J connectivity index is 2.62. The molecular weight excluding hydrogens is 251 g/mol. The average molecular weight is 267 g/mol. The molecular formula is C11H16F3NO3. The summed E-state index contributed by atoms with van der Waals surface area (Å²) in [5.41, 5.74) is 0. The number of carbonyl (C=O) groups excluding carboxylic acids is 1. The summed E-state index contributed by atoms with van der Waals surface area (Å²) in [5, 5.41) is 8.99. The second-order valence-electron chi connectivity index (χ2n) is 4.69. The first-order valence-corrected chi connectivity index (χ1v) is 5.79. The van der Waals surface area contributed by atoms with Crippen molar-refractivity contribution in [3.63, 3.8) is 0 Å². The third-order valence-electron chi connectivity index (χ3n) is 3.09. The lowest BCUT2D eigenvalue weighted by molar-refractivity contribution is -0.158. The van der Waals surface area contributed by atoms with Gasteiger partial charge in [0, 0.05) is 13.0 Å². The zero-order chi connectivity index (χ0) is 13.9. The second kappa shape index (κ2) is 5.58. The number of rotatable bonds is 3. The van der Waals surface area contributed by atoms with Crippen molar-refractivity contribution in [1.29, 1.82) is 0 Å². The molecule has 1 heterocycles. The molecule has 4 nitrogen and oxygen atoms in total. The molecule has 1 saturated heterocycles. The van der Waals surface area contributed by atoms with Gasteiger partial charge >= 0.3 is 12.1 Å². The molecule has 2 unspecified atom stereocenters. The topological polar surface area (TPSA) is 57.6 Å². The highest BCUT2D eigenvalue weighted by molar-refractivity contribution is 5.83. The smallest absolute Gasteiger partial charge is 0.389 e. The number of carbonyl (C=O) groups is 2. The van der Waals surface area contributed by atoms with E-state index in [4.69, 9.17) is 5.11 Å². The number of alkyl halides is 3. The van der Waals surface area contributed by atoms with Gasteiger partial charge < -0.3 is 10.0 Å². The summed E-state index contributed by atoms with van der Waals surface area (Å²) in [6, 6.07) is -0.991. The predicted octanol–water partition coefficient (Wildman–Crippen LogP) is 2.04. The largest absolute Gasteiger partial charge is 0.480 e. The Hall–Kier alpha value is -1.27. The highest BCUT2D eigenvalue weighted by Gasteiger charge is 2.36. The molecule has 0 spiro atoms. The Morgan fingerprint density at radius 3 is 2.50 bits per heavy atom. The van der Waals surface area contributed by atoms with Crippen molar-refractivity contribution in [1.82, 2.24) is 4.90 Å². The van der Waals surface area contributed by atoms with E-state index in [1.807, 2.05) is 6.92 Å². The molecule has 1 amide bonds. The predicted molar refractivity (Wildman–Crippen MR) is 56.8 cm³/mol.